The number of ether oxygens (including phenoxy) is 1. The van der Waals surface area contributed by atoms with Crippen molar-refractivity contribution in [3.63, 3.8) is 0 Å². The van der Waals surface area contributed by atoms with Crippen LogP contribution in [0.2, 0.25) is 0 Å². The largest absolute Gasteiger partial charge is 0.373 e. The molecule has 0 unspecified atom stereocenters. The Balaban J connectivity index is 1.49. The van der Waals surface area contributed by atoms with Gasteiger partial charge in [-0.15, -0.1) is 11.3 Å². The number of anilines is 1. The van der Waals surface area contributed by atoms with E-state index in [1.165, 1.54) is 15.9 Å². The van der Waals surface area contributed by atoms with Gasteiger partial charge in [0.05, 0.1) is 28.8 Å². The van der Waals surface area contributed by atoms with Gasteiger partial charge in [0.2, 0.25) is 5.91 Å². The molecule has 1 aliphatic rings. The summed E-state index contributed by atoms with van der Waals surface area (Å²) in [5.74, 6) is -0.368. The standard InChI is InChI=1S/C22H27N5O4S/c1-4-26-20(29)17-7-5-6-8-18(17)27(22(26)30)12-19(28)24-21-23-16(13-32-21)11-25-9-14(2)31-15(3)10-25/h5-8,13-15H,4,9-12H2,1-3H3,(H,23,24,28)/t14-,15-/m0/s1. The van der Waals surface area contributed by atoms with E-state index in [1.807, 2.05) is 5.38 Å². The third-order valence-corrected chi connectivity index (χ3v) is 6.24. The van der Waals surface area contributed by atoms with Crippen molar-refractivity contribution in [3.8, 4) is 0 Å². The molecule has 3 aromatic rings. The lowest BCUT2D eigenvalue weighted by Gasteiger charge is -2.34. The third kappa shape index (κ3) is 4.67. The molecule has 32 heavy (non-hydrogen) atoms. The Hall–Kier alpha value is -2.82. The number of rotatable bonds is 6. The molecule has 2 atom stereocenters. The minimum Gasteiger partial charge on any atom is -0.373 e. The number of thiazole rings is 1. The first kappa shape index (κ1) is 22.4. The summed E-state index contributed by atoms with van der Waals surface area (Å²) in [6, 6.07) is 6.83. The number of benzene rings is 1. The first-order valence-corrected chi connectivity index (χ1v) is 11.6. The minimum atomic E-state index is -0.498. The normalized spacial score (nSPS) is 19.3. The molecule has 9 nitrogen and oxygen atoms in total. The van der Waals surface area contributed by atoms with E-state index >= 15 is 0 Å². The van der Waals surface area contributed by atoms with Crippen LogP contribution in [0.25, 0.3) is 10.9 Å². The first-order valence-electron chi connectivity index (χ1n) is 10.7. The molecule has 1 N–H and O–H groups in total. The number of hydrogen-bond donors (Lipinski definition) is 1. The van der Waals surface area contributed by atoms with Crippen LogP contribution in [-0.4, -0.2) is 50.2 Å². The summed E-state index contributed by atoms with van der Waals surface area (Å²) >= 11 is 1.35. The van der Waals surface area contributed by atoms with Crippen LogP contribution < -0.4 is 16.6 Å². The maximum atomic E-state index is 12.8. The molecule has 1 amide bonds. The van der Waals surface area contributed by atoms with Crippen molar-refractivity contribution in [2.75, 3.05) is 18.4 Å². The summed E-state index contributed by atoms with van der Waals surface area (Å²) in [7, 11) is 0. The molecule has 2 aromatic heterocycles. The van der Waals surface area contributed by atoms with E-state index in [-0.39, 0.29) is 36.8 Å². The van der Waals surface area contributed by atoms with Crippen molar-refractivity contribution in [2.45, 2.75) is 52.6 Å². The van der Waals surface area contributed by atoms with Gasteiger partial charge in [-0.25, -0.2) is 9.78 Å². The van der Waals surface area contributed by atoms with Crippen LogP contribution in [0.15, 0.2) is 39.2 Å². The number of nitrogens with one attached hydrogen (secondary N) is 1. The number of carbonyl (C=O) groups is 1. The van der Waals surface area contributed by atoms with Gasteiger partial charge in [-0.3, -0.25) is 23.6 Å². The number of morpholine rings is 1. The van der Waals surface area contributed by atoms with Crippen molar-refractivity contribution in [1.29, 1.82) is 0 Å². The number of aromatic nitrogens is 3. The molecule has 0 saturated carbocycles. The smallest absolute Gasteiger partial charge is 0.331 e. The van der Waals surface area contributed by atoms with Gasteiger partial charge in [0.1, 0.15) is 6.54 Å². The van der Waals surface area contributed by atoms with Gasteiger partial charge in [-0.2, -0.15) is 0 Å². The van der Waals surface area contributed by atoms with Crippen LogP contribution in [0.3, 0.4) is 0 Å². The van der Waals surface area contributed by atoms with Crippen molar-refractivity contribution in [3.05, 3.63) is 56.2 Å². The topological polar surface area (TPSA) is 98.5 Å². The molecule has 1 aliphatic heterocycles. The fourth-order valence-corrected chi connectivity index (χ4v) is 4.90. The predicted octanol–water partition coefficient (Wildman–Crippen LogP) is 1.89. The second-order valence-electron chi connectivity index (χ2n) is 8.08. The van der Waals surface area contributed by atoms with Gasteiger partial charge in [-0.1, -0.05) is 12.1 Å². The number of nitrogens with zero attached hydrogens (tertiary/aromatic N) is 4. The second-order valence-corrected chi connectivity index (χ2v) is 8.94. The predicted molar refractivity (Wildman–Crippen MR) is 124 cm³/mol. The van der Waals surface area contributed by atoms with Crippen LogP contribution in [0, 0.1) is 0 Å². The summed E-state index contributed by atoms with van der Waals surface area (Å²) in [6.07, 6.45) is 0.354. The zero-order valence-corrected chi connectivity index (χ0v) is 19.2. The highest BCUT2D eigenvalue weighted by atomic mass is 32.1. The lowest BCUT2D eigenvalue weighted by molar-refractivity contribution is -0.116. The summed E-state index contributed by atoms with van der Waals surface area (Å²) < 4.78 is 8.24. The molecule has 10 heteroatoms. The number of amides is 1. The Kier molecular flexibility index (Phi) is 6.54. The summed E-state index contributed by atoms with van der Waals surface area (Å²) in [5, 5.41) is 5.61. The van der Waals surface area contributed by atoms with Crippen LogP contribution in [0.1, 0.15) is 26.5 Å². The van der Waals surface area contributed by atoms with Gasteiger partial charge >= 0.3 is 5.69 Å². The van der Waals surface area contributed by atoms with Crippen LogP contribution in [0.4, 0.5) is 5.13 Å². The van der Waals surface area contributed by atoms with Gasteiger partial charge in [0.15, 0.2) is 5.13 Å². The van der Waals surface area contributed by atoms with Crippen molar-refractivity contribution in [1.82, 2.24) is 19.0 Å². The number of para-hydroxylation sites is 1. The van der Waals surface area contributed by atoms with E-state index in [4.69, 9.17) is 4.74 Å². The average molecular weight is 458 g/mol. The van der Waals surface area contributed by atoms with Gasteiger partial charge in [-0.05, 0) is 32.9 Å². The average Bonchev–Trinajstić information content (AvgIpc) is 3.17. The molecule has 1 saturated heterocycles. The maximum absolute atomic E-state index is 12.8. The van der Waals surface area contributed by atoms with Crippen LogP contribution >= 0.6 is 11.3 Å². The molecule has 1 aromatic carbocycles. The third-order valence-electron chi connectivity index (χ3n) is 5.43. The Bertz CT molecular complexity index is 1240. The fraction of sp³-hybridized carbons (Fsp3) is 0.455. The molecule has 4 rings (SSSR count). The number of carbonyl (C=O) groups excluding carboxylic acids is 1. The second kappa shape index (κ2) is 9.35. The van der Waals surface area contributed by atoms with Gasteiger partial charge in [0.25, 0.3) is 5.56 Å². The summed E-state index contributed by atoms with van der Waals surface area (Å²) in [4.78, 5) is 44.9. The van der Waals surface area contributed by atoms with E-state index in [2.05, 4.69) is 29.0 Å². The van der Waals surface area contributed by atoms with Crippen LogP contribution in [-0.2, 0) is 29.2 Å². The molecule has 0 aliphatic carbocycles. The van der Waals surface area contributed by atoms with Crippen molar-refractivity contribution in [2.24, 2.45) is 0 Å². The van der Waals surface area contributed by atoms with E-state index < -0.39 is 5.69 Å². The Labute approximate surface area is 189 Å². The van der Waals surface area contributed by atoms with E-state index in [1.54, 1.807) is 31.2 Å². The molecule has 0 bridgehead atoms. The van der Waals surface area contributed by atoms with E-state index in [0.29, 0.717) is 22.6 Å². The maximum Gasteiger partial charge on any atom is 0.331 e. The zero-order chi connectivity index (χ0) is 22.8. The highest BCUT2D eigenvalue weighted by Crippen LogP contribution is 2.19. The molecule has 0 spiro atoms. The molecule has 1 fully saturated rings. The Morgan fingerprint density at radius 2 is 1.91 bits per heavy atom. The van der Waals surface area contributed by atoms with Gasteiger partial charge < -0.3 is 10.1 Å². The number of hydrogen-bond acceptors (Lipinski definition) is 7. The lowest BCUT2D eigenvalue weighted by atomic mass is 10.2. The van der Waals surface area contributed by atoms with Crippen molar-refractivity contribution < 1.29 is 9.53 Å². The monoisotopic (exact) mass is 457 g/mol. The highest BCUT2D eigenvalue weighted by molar-refractivity contribution is 7.13. The summed E-state index contributed by atoms with van der Waals surface area (Å²) in [6.45, 7) is 8.25. The van der Waals surface area contributed by atoms with Crippen LogP contribution in [0.5, 0.6) is 0 Å². The Morgan fingerprint density at radius 3 is 2.62 bits per heavy atom. The molecular weight excluding hydrogens is 430 g/mol. The van der Waals surface area contributed by atoms with E-state index in [0.717, 1.165) is 23.4 Å². The lowest BCUT2D eigenvalue weighted by Crippen LogP contribution is -2.44. The summed E-state index contributed by atoms with van der Waals surface area (Å²) in [5.41, 5.74) is 0.481. The van der Waals surface area contributed by atoms with Crippen molar-refractivity contribution >= 4 is 33.3 Å². The molecule has 0 radical (unpaired) electrons. The van der Waals surface area contributed by atoms with E-state index in [9.17, 15) is 14.4 Å². The highest BCUT2D eigenvalue weighted by Gasteiger charge is 2.23. The quantitative estimate of drug-likeness (QED) is 0.607. The number of fused-ring (bicyclic) bond motifs is 1. The molecule has 170 valence electrons. The van der Waals surface area contributed by atoms with Gasteiger partial charge in [0, 0.05) is 31.6 Å². The first-order chi connectivity index (χ1) is 15.4. The minimum absolute atomic E-state index is 0.177. The molecular formula is C22H27N5O4S. The SMILES string of the molecule is CCn1c(=O)c2ccccc2n(CC(=O)Nc2nc(CN3C[C@H](C)O[C@@H](C)C3)cs2)c1=O. The Morgan fingerprint density at radius 1 is 1.19 bits per heavy atom. The molecule has 3 heterocycles. The fourth-order valence-electron chi connectivity index (χ4n) is 4.18. The zero-order valence-electron chi connectivity index (χ0n) is 18.4.